The minimum Gasteiger partial charge on any atom is -0.480 e. The lowest BCUT2D eigenvalue weighted by molar-refractivity contribution is -0.142. The van der Waals surface area contributed by atoms with Crippen LogP contribution in [0.25, 0.3) is 0 Å². The first-order chi connectivity index (χ1) is 10.3. The van der Waals surface area contributed by atoms with Crippen LogP contribution in [0.3, 0.4) is 0 Å². The quantitative estimate of drug-likeness (QED) is 0.762. The Balaban J connectivity index is 0.00000484. The van der Waals surface area contributed by atoms with Crippen molar-refractivity contribution in [3.05, 3.63) is 35.9 Å². The molecule has 2 N–H and O–H groups in total. The molecule has 0 heterocycles. The van der Waals surface area contributed by atoms with E-state index in [2.05, 4.69) is 19.2 Å². The molecule has 0 bridgehead atoms. The molecule has 0 aliphatic carbocycles. The number of hydrogen-bond acceptors (Lipinski definition) is 3. The normalized spacial score (nSPS) is 13.3. The summed E-state index contributed by atoms with van der Waals surface area (Å²) in [5.74, 6) is -0.650. The Morgan fingerprint density at radius 3 is 2.22 bits per heavy atom. The van der Waals surface area contributed by atoms with Gasteiger partial charge in [0, 0.05) is 0 Å². The van der Waals surface area contributed by atoms with E-state index >= 15 is 0 Å². The summed E-state index contributed by atoms with van der Waals surface area (Å²) in [5, 5.41) is 12.0. The third kappa shape index (κ3) is 7.48. The number of benzene rings is 1. The van der Waals surface area contributed by atoms with E-state index in [4.69, 9.17) is 5.11 Å². The molecule has 0 saturated carbocycles. The predicted octanol–water partition coefficient (Wildman–Crippen LogP) is 2.72. The van der Waals surface area contributed by atoms with Crippen molar-refractivity contribution >= 4 is 24.3 Å². The lowest BCUT2D eigenvalue weighted by Crippen LogP contribution is -2.43. The predicted molar refractivity (Wildman–Crippen MR) is 93.8 cm³/mol. The highest BCUT2D eigenvalue weighted by Crippen LogP contribution is 2.20. The molecule has 23 heavy (non-hydrogen) atoms. The van der Waals surface area contributed by atoms with Crippen molar-refractivity contribution in [1.82, 2.24) is 10.2 Å². The molecule has 0 aromatic heterocycles. The molecule has 0 aliphatic heterocycles. The molecule has 2 unspecified atom stereocenters. The highest BCUT2D eigenvalue weighted by atomic mass is 35.5. The number of likely N-dealkylation sites (N-methyl/N-ethyl adjacent to an activating group) is 1. The maximum atomic E-state index is 12.2. The summed E-state index contributed by atoms with van der Waals surface area (Å²) < 4.78 is 0. The molecule has 0 radical (unpaired) electrons. The van der Waals surface area contributed by atoms with Crippen molar-refractivity contribution in [3.63, 3.8) is 0 Å². The van der Waals surface area contributed by atoms with Crippen LogP contribution in [0.5, 0.6) is 0 Å². The van der Waals surface area contributed by atoms with Crippen LogP contribution in [-0.4, -0.2) is 41.5 Å². The number of hydrogen-bond donors (Lipinski definition) is 2. The highest BCUT2D eigenvalue weighted by Gasteiger charge is 2.21. The SMILES string of the molecule is CC(C)CC(NC(=O)CN(C)C(C)C(=O)O)c1ccccc1.Cl. The molecule has 0 saturated heterocycles. The fourth-order valence-electron chi connectivity index (χ4n) is 2.23. The molecule has 1 aromatic carbocycles. The van der Waals surface area contributed by atoms with Gasteiger partial charge in [0.2, 0.25) is 5.91 Å². The van der Waals surface area contributed by atoms with Crippen LogP contribution < -0.4 is 5.32 Å². The molecule has 6 heteroatoms. The fourth-order valence-corrected chi connectivity index (χ4v) is 2.23. The van der Waals surface area contributed by atoms with Crippen LogP contribution in [0.15, 0.2) is 30.3 Å². The number of carboxylic acid groups (broad SMARTS) is 1. The second-order valence-electron chi connectivity index (χ2n) is 6.09. The smallest absolute Gasteiger partial charge is 0.320 e. The van der Waals surface area contributed by atoms with E-state index in [1.54, 1.807) is 14.0 Å². The van der Waals surface area contributed by atoms with Crippen LogP contribution in [0.1, 0.15) is 38.8 Å². The lowest BCUT2D eigenvalue weighted by atomic mass is 9.97. The Hall–Kier alpha value is -1.59. The van der Waals surface area contributed by atoms with Gasteiger partial charge in [0.15, 0.2) is 0 Å². The lowest BCUT2D eigenvalue weighted by Gasteiger charge is -2.24. The first kappa shape index (κ1) is 21.4. The van der Waals surface area contributed by atoms with Gasteiger partial charge in [0.05, 0.1) is 12.6 Å². The Bertz CT molecular complexity index is 494. The van der Waals surface area contributed by atoms with Crippen LogP contribution in [0, 0.1) is 5.92 Å². The summed E-state index contributed by atoms with van der Waals surface area (Å²) in [5.41, 5.74) is 1.07. The average Bonchev–Trinajstić information content (AvgIpc) is 2.45. The number of carbonyl (C=O) groups is 2. The number of carboxylic acids is 1. The number of halogens is 1. The van der Waals surface area contributed by atoms with Gasteiger partial charge >= 0.3 is 5.97 Å². The Kier molecular flexibility index (Phi) is 9.53. The van der Waals surface area contributed by atoms with Gasteiger partial charge in [-0.3, -0.25) is 14.5 Å². The average molecular weight is 343 g/mol. The first-order valence-electron chi connectivity index (χ1n) is 7.58. The summed E-state index contributed by atoms with van der Waals surface area (Å²) in [7, 11) is 1.64. The Labute approximate surface area is 144 Å². The molecular weight excluding hydrogens is 316 g/mol. The molecule has 0 aliphatic rings. The molecule has 1 amide bonds. The van der Waals surface area contributed by atoms with E-state index < -0.39 is 12.0 Å². The minimum absolute atomic E-state index is 0. The van der Waals surface area contributed by atoms with Gasteiger partial charge in [-0.25, -0.2) is 0 Å². The zero-order valence-corrected chi connectivity index (χ0v) is 15.0. The minimum atomic E-state index is -0.933. The molecule has 1 rings (SSSR count). The third-order valence-corrected chi connectivity index (χ3v) is 3.66. The van der Waals surface area contributed by atoms with E-state index in [-0.39, 0.29) is 30.9 Å². The van der Waals surface area contributed by atoms with Gasteiger partial charge in [0.1, 0.15) is 6.04 Å². The number of nitrogens with one attached hydrogen (secondary N) is 1. The van der Waals surface area contributed by atoms with Crippen molar-refractivity contribution in [2.75, 3.05) is 13.6 Å². The van der Waals surface area contributed by atoms with Gasteiger partial charge < -0.3 is 10.4 Å². The zero-order chi connectivity index (χ0) is 16.7. The molecule has 0 spiro atoms. The molecule has 5 nitrogen and oxygen atoms in total. The molecule has 130 valence electrons. The van der Waals surface area contributed by atoms with Crippen molar-refractivity contribution in [3.8, 4) is 0 Å². The van der Waals surface area contributed by atoms with E-state index in [0.29, 0.717) is 5.92 Å². The fraction of sp³-hybridized carbons (Fsp3) is 0.529. The first-order valence-corrected chi connectivity index (χ1v) is 7.58. The second-order valence-corrected chi connectivity index (χ2v) is 6.09. The summed E-state index contributed by atoms with van der Waals surface area (Å²) in [6.45, 7) is 5.86. The second kappa shape index (κ2) is 10.2. The summed E-state index contributed by atoms with van der Waals surface area (Å²) in [6.07, 6.45) is 0.841. The number of amides is 1. The van der Waals surface area contributed by atoms with Gasteiger partial charge in [-0.15, -0.1) is 12.4 Å². The maximum Gasteiger partial charge on any atom is 0.320 e. The Morgan fingerprint density at radius 1 is 1.17 bits per heavy atom. The topological polar surface area (TPSA) is 69.6 Å². The van der Waals surface area contributed by atoms with Crippen LogP contribution in [-0.2, 0) is 9.59 Å². The van der Waals surface area contributed by atoms with Gasteiger partial charge in [0.25, 0.3) is 0 Å². The number of rotatable bonds is 8. The summed E-state index contributed by atoms with van der Waals surface area (Å²) >= 11 is 0. The third-order valence-electron chi connectivity index (χ3n) is 3.66. The van der Waals surface area contributed by atoms with E-state index in [1.165, 1.54) is 4.90 Å². The maximum absolute atomic E-state index is 12.2. The highest BCUT2D eigenvalue weighted by molar-refractivity contribution is 5.85. The molecule has 2 atom stereocenters. The number of aliphatic carboxylic acids is 1. The van der Waals surface area contributed by atoms with E-state index in [0.717, 1.165) is 12.0 Å². The van der Waals surface area contributed by atoms with E-state index in [1.807, 2.05) is 30.3 Å². The largest absolute Gasteiger partial charge is 0.480 e. The van der Waals surface area contributed by atoms with Crippen LogP contribution in [0.2, 0.25) is 0 Å². The number of nitrogens with zero attached hydrogens (tertiary/aromatic N) is 1. The van der Waals surface area contributed by atoms with Gasteiger partial charge in [-0.1, -0.05) is 44.2 Å². The van der Waals surface area contributed by atoms with Crippen molar-refractivity contribution in [2.24, 2.45) is 5.92 Å². The van der Waals surface area contributed by atoms with Crippen molar-refractivity contribution < 1.29 is 14.7 Å². The summed E-state index contributed by atoms with van der Waals surface area (Å²) in [6, 6.07) is 9.10. The zero-order valence-electron chi connectivity index (χ0n) is 14.2. The van der Waals surface area contributed by atoms with Gasteiger partial charge in [-0.2, -0.15) is 0 Å². The Morgan fingerprint density at radius 2 is 1.74 bits per heavy atom. The van der Waals surface area contributed by atoms with Crippen LogP contribution in [0.4, 0.5) is 0 Å². The van der Waals surface area contributed by atoms with Crippen molar-refractivity contribution in [1.29, 1.82) is 0 Å². The molecule has 0 fully saturated rings. The van der Waals surface area contributed by atoms with Crippen LogP contribution >= 0.6 is 12.4 Å². The number of carbonyl (C=O) groups excluding carboxylic acids is 1. The molecule has 1 aromatic rings. The van der Waals surface area contributed by atoms with Gasteiger partial charge in [-0.05, 0) is 31.9 Å². The summed E-state index contributed by atoms with van der Waals surface area (Å²) in [4.78, 5) is 24.7. The monoisotopic (exact) mass is 342 g/mol. The van der Waals surface area contributed by atoms with E-state index in [9.17, 15) is 9.59 Å². The molecular formula is C17H27ClN2O3. The van der Waals surface area contributed by atoms with Crippen molar-refractivity contribution in [2.45, 2.75) is 39.3 Å². The standard InChI is InChI=1S/C17H26N2O3.ClH/c1-12(2)10-15(14-8-6-5-7-9-14)18-16(20)11-19(4)13(3)17(21)22;/h5-9,12-13,15H,10-11H2,1-4H3,(H,18,20)(H,21,22);1H.